The molecule has 0 radical (unpaired) electrons. The maximum Gasteiger partial charge on any atom is 0.241 e. The molecule has 5 heteroatoms. The Morgan fingerprint density at radius 1 is 1.06 bits per heavy atom. The first kappa shape index (κ1) is 23.0. The van der Waals surface area contributed by atoms with Gasteiger partial charge >= 0.3 is 0 Å². The summed E-state index contributed by atoms with van der Waals surface area (Å²) >= 11 is 0. The number of para-hydroxylation sites is 1. The van der Waals surface area contributed by atoms with Crippen LogP contribution in [-0.4, -0.2) is 43.5 Å². The number of amides is 1. The van der Waals surface area contributed by atoms with Crippen LogP contribution in [0, 0.1) is 27.7 Å². The maximum absolute atomic E-state index is 13.0. The largest absolute Gasteiger partial charge is 0.398 e. The summed E-state index contributed by atoms with van der Waals surface area (Å²) in [5.41, 5.74) is 15.3. The minimum Gasteiger partial charge on any atom is -0.398 e. The molecule has 1 saturated heterocycles. The molecule has 3 N–H and O–H groups in total. The number of nitrogen functional groups attached to an aromatic ring is 1. The molecule has 0 atom stereocenters. The molecule has 2 aromatic carbocycles. The zero-order valence-corrected chi connectivity index (χ0v) is 20.0. The Bertz CT molecular complexity index is 916. The molecule has 0 unspecified atom stereocenters. The summed E-state index contributed by atoms with van der Waals surface area (Å²) in [6, 6.07) is 8.96. The number of carbonyl (C=O) groups is 1. The zero-order valence-electron chi connectivity index (χ0n) is 20.0. The molecular weight excluding hydrogens is 384 g/mol. The number of carbonyl (C=O) groups excluding carboxylic acids is 1. The predicted molar refractivity (Wildman–Crippen MR) is 132 cm³/mol. The monoisotopic (exact) mass is 422 g/mol. The molecule has 2 aromatic rings. The third-order valence-corrected chi connectivity index (χ3v) is 7.22. The lowest BCUT2D eigenvalue weighted by Gasteiger charge is -2.38. The van der Waals surface area contributed by atoms with Gasteiger partial charge in [-0.05, 0) is 80.8 Å². The van der Waals surface area contributed by atoms with Crippen molar-refractivity contribution in [1.82, 2.24) is 4.90 Å². The fourth-order valence-corrected chi connectivity index (χ4v) is 4.71. The lowest BCUT2D eigenvalue weighted by atomic mass is 9.96. The quantitative estimate of drug-likeness (QED) is 0.668. The van der Waals surface area contributed by atoms with E-state index in [4.69, 9.17) is 5.73 Å². The van der Waals surface area contributed by atoms with Gasteiger partial charge in [-0.25, -0.2) is 0 Å². The number of likely N-dealkylation sites (N-methyl/N-ethyl adjacent to an activating group) is 1. The van der Waals surface area contributed by atoms with E-state index in [0.29, 0.717) is 6.54 Å². The molecule has 0 spiro atoms. The van der Waals surface area contributed by atoms with Gasteiger partial charge < -0.3 is 20.9 Å². The molecule has 0 saturated carbocycles. The van der Waals surface area contributed by atoms with Crippen LogP contribution in [0.25, 0.3) is 0 Å². The summed E-state index contributed by atoms with van der Waals surface area (Å²) in [7, 11) is 1.95. The molecule has 0 aromatic heterocycles. The van der Waals surface area contributed by atoms with Crippen molar-refractivity contribution in [3.63, 3.8) is 0 Å². The van der Waals surface area contributed by atoms with Crippen molar-refractivity contribution in [2.45, 2.75) is 59.9 Å². The van der Waals surface area contributed by atoms with Crippen molar-refractivity contribution in [3.05, 3.63) is 52.1 Å². The zero-order chi connectivity index (χ0) is 22.7. The van der Waals surface area contributed by atoms with Crippen molar-refractivity contribution in [2.75, 3.05) is 42.6 Å². The highest BCUT2D eigenvalue weighted by molar-refractivity contribution is 5.82. The fraction of sp³-hybridized carbons (Fsp3) is 0.500. The van der Waals surface area contributed by atoms with E-state index in [1.165, 1.54) is 11.3 Å². The highest BCUT2D eigenvalue weighted by Crippen LogP contribution is 2.32. The van der Waals surface area contributed by atoms with Gasteiger partial charge in [0.2, 0.25) is 5.91 Å². The van der Waals surface area contributed by atoms with Crippen LogP contribution in [0.15, 0.2) is 24.3 Å². The average Bonchev–Trinajstić information content (AvgIpc) is 2.80. The molecule has 1 fully saturated rings. The second-order valence-electron chi connectivity index (χ2n) is 8.85. The Labute approximate surface area is 187 Å². The minimum absolute atomic E-state index is 0.137. The van der Waals surface area contributed by atoms with Gasteiger partial charge in [0.05, 0.1) is 6.54 Å². The Morgan fingerprint density at radius 2 is 1.65 bits per heavy atom. The number of hydrogen-bond acceptors (Lipinski definition) is 4. The van der Waals surface area contributed by atoms with Gasteiger partial charge in [0.1, 0.15) is 0 Å². The van der Waals surface area contributed by atoms with Crippen molar-refractivity contribution < 1.29 is 4.79 Å². The number of anilines is 3. The molecule has 1 amide bonds. The van der Waals surface area contributed by atoms with Crippen molar-refractivity contribution in [2.24, 2.45) is 0 Å². The number of aryl methyl sites for hydroxylation is 1. The molecule has 3 rings (SSSR count). The summed E-state index contributed by atoms with van der Waals surface area (Å²) in [6.07, 6.45) is 3.04. The van der Waals surface area contributed by atoms with Gasteiger partial charge in [0.25, 0.3) is 0 Å². The van der Waals surface area contributed by atoms with Crippen LogP contribution in [0.4, 0.5) is 17.1 Å². The lowest BCUT2D eigenvalue weighted by molar-refractivity contribution is -0.130. The van der Waals surface area contributed by atoms with E-state index in [1.54, 1.807) is 0 Å². The lowest BCUT2D eigenvalue weighted by Crippen LogP contribution is -2.47. The van der Waals surface area contributed by atoms with Crippen LogP contribution in [-0.2, 0) is 11.2 Å². The minimum atomic E-state index is 0.137. The van der Waals surface area contributed by atoms with Crippen molar-refractivity contribution in [1.29, 1.82) is 0 Å². The second kappa shape index (κ2) is 9.63. The van der Waals surface area contributed by atoms with Crippen molar-refractivity contribution >= 4 is 23.0 Å². The summed E-state index contributed by atoms with van der Waals surface area (Å²) in [5.74, 6) is 0.137. The maximum atomic E-state index is 13.0. The second-order valence-corrected chi connectivity index (χ2v) is 8.85. The Hall–Kier alpha value is -2.69. The van der Waals surface area contributed by atoms with Gasteiger partial charge in [-0.15, -0.1) is 0 Å². The number of nitrogens with one attached hydrogen (secondary N) is 1. The Morgan fingerprint density at radius 3 is 2.23 bits per heavy atom. The van der Waals surface area contributed by atoms with Crippen LogP contribution in [0.5, 0.6) is 0 Å². The van der Waals surface area contributed by atoms with E-state index < -0.39 is 0 Å². The van der Waals surface area contributed by atoms with Crippen LogP contribution in [0.2, 0.25) is 0 Å². The molecule has 1 aliphatic rings. The number of hydrogen-bond donors (Lipinski definition) is 2. The van der Waals surface area contributed by atoms with Gasteiger partial charge in [-0.3, -0.25) is 4.79 Å². The van der Waals surface area contributed by atoms with E-state index in [2.05, 4.69) is 55.3 Å². The Balaban J connectivity index is 1.60. The molecular formula is C26H38N4O. The van der Waals surface area contributed by atoms with Crippen molar-refractivity contribution in [3.8, 4) is 0 Å². The number of nitrogens with zero attached hydrogens (tertiary/aromatic N) is 2. The topological polar surface area (TPSA) is 61.6 Å². The third kappa shape index (κ3) is 4.65. The Kier molecular flexibility index (Phi) is 7.14. The summed E-state index contributed by atoms with van der Waals surface area (Å²) in [4.78, 5) is 17.4. The highest BCUT2D eigenvalue weighted by Gasteiger charge is 2.26. The SMILES string of the molecule is CCc1ccccc1N1CCC(N(C)C(=O)CNc2c(C)c(C)c(N)c(C)c2C)CC1. The standard InChI is InChI=1S/C26H38N4O/c1-7-21-10-8-9-11-23(21)30-14-12-22(13-15-30)29(6)24(31)16-28-26-19(4)17(2)25(27)18(3)20(26)5/h8-11,22,28H,7,12-16,27H2,1-6H3. The molecule has 1 aliphatic heterocycles. The molecule has 0 bridgehead atoms. The molecule has 5 nitrogen and oxygen atoms in total. The van der Waals surface area contributed by atoms with Gasteiger partial charge in [-0.2, -0.15) is 0 Å². The normalized spacial score (nSPS) is 14.6. The van der Waals surface area contributed by atoms with Gasteiger partial charge in [0, 0.05) is 43.2 Å². The number of benzene rings is 2. The first-order valence-electron chi connectivity index (χ1n) is 11.4. The molecule has 31 heavy (non-hydrogen) atoms. The summed E-state index contributed by atoms with van der Waals surface area (Å²) in [6.45, 7) is 12.7. The smallest absolute Gasteiger partial charge is 0.241 e. The third-order valence-electron chi connectivity index (χ3n) is 7.22. The van der Waals surface area contributed by atoms with Crippen LogP contribution in [0.1, 0.15) is 47.6 Å². The number of rotatable bonds is 6. The molecule has 0 aliphatic carbocycles. The van der Waals surface area contributed by atoms with E-state index in [0.717, 1.165) is 66.0 Å². The number of nitrogens with two attached hydrogens (primary N) is 1. The van der Waals surface area contributed by atoms with E-state index in [9.17, 15) is 4.79 Å². The fourth-order valence-electron chi connectivity index (χ4n) is 4.71. The van der Waals surface area contributed by atoms with Crippen LogP contribution < -0.4 is 16.0 Å². The van der Waals surface area contributed by atoms with Crippen LogP contribution >= 0.6 is 0 Å². The first-order chi connectivity index (χ1) is 14.8. The van der Waals surface area contributed by atoms with E-state index in [-0.39, 0.29) is 11.9 Å². The van der Waals surface area contributed by atoms with Crippen LogP contribution in [0.3, 0.4) is 0 Å². The molecule has 168 valence electrons. The van der Waals surface area contributed by atoms with E-state index >= 15 is 0 Å². The average molecular weight is 423 g/mol. The summed E-state index contributed by atoms with van der Waals surface area (Å²) in [5, 5.41) is 3.40. The van der Waals surface area contributed by atoms with E-state index in [1.807, 2.05) is 25.8 Å². The van der Waals surface area contributed by atoms with Gasteiger partial charge in [0.15, 0.2) is 0 Å². The van der Waals surface area contributed by atoms with Gasteiger partial charge in [-0.1, -0.05) is 25.1 Å². The summed E-state index contributed by atoms with van der Waals surface area (Å²) < 4.78 is 0. The number of piperidine rings is 1. The molecule has 1 heterocycles. The first-order valence-corrected chi connectivity index (χ1v) is 11.4. The predicted octanol–water partition coefficient (Wildman–Crippen LogP) is 4.60. The highest BCUT2D eigenvalue weighted by atomic mass is 16.2.